The van der Waals surface area contributed by atoms with Gasteiger partial charge in [-0.2, -0.15) is 10.4 Å². The van der Waals surface area contributed by atoms with Crippen LogP contribution in [0.25, 0.3) is 27.5 Å². The van der Waals surface area contributed by atoms with Gasteiger partial charge in [-0.3, -0.25) is 9.78 Å². The zero-order chi connectivity index (χ0) is 25.0. The maximum absolute atomic E-state index is 11.4. The Bertz CT molecular complexity index is 1510. The van der Waals surface area contributed by atoms with E-state index < -0.39 is 0 Å². The van der Waals surface area contributed by atoms with Crippen LogP contribution < -0.4 is 15.5 Å². The number of hydrogen-bond donors (Lipinski definition) is 2. The van der Waals surface area contributed by atoms with Crippen LogP contribution in [0.4, 0.5) is 10.8 Å². The summed E-state index contributed by atoms with van der Waals surface area (Å²) in [6, 6.07) is 10.4. The van der Waals surface area contributed by atoms with Crippen LogP contribution in [0.3, 0.4) is 0 Å². The minimum Gasteiger partial charge on any atom is -0.382 e. The SMILES string of the molecule is CC(=O)NC1C2CN(c3nnc(-c4cnc(-c5ccc6cc(C#N)cnn56)cc4NC(C)C)s3)CC21. The van der Waals surface area contributed by atoms with Crippen molar-refractivity contribution in [3.05, 3.63) is 42.2 Å². The van der Waals surface area contributed by atoms with Crippen LogP contribution in [0.15, 0.2) is 36.7 Å². The van der Waals surface area contributed by atoms with E-state index in [4.69, 9.17) is 10.2 Å². The zero-order valence-corrected chi connectivity index (χ0v) is 21.0. The predicted octanol–water partition coefficient (Wildman–Crippen LogP) is 3.18. The normalized spacial score (nSPS) is 20.4. The lowest BCUT2D eigenvalue weighted by molar-refractivity contribution is -0.119. The van der Waals surface area contributed by atoms with Gasteiger partial charge < -0.3 is 15.5 Å². The van der Waals surface area contributed by atoms with Crippen LogP contribution in [0.1, 0.15) is 26.3 Å². The number of hydrogen-bond acceptors (Lipinski definition) is 9. The van der Waals surface area contributed by atoms with Gasteiger partial charge in [0.05, 0.1) is 34.2 Å². The Morgan fingerprint density at radius 3 is 2.72 bits per heavy atom. The van der Waals surface area contributed by atoms with Crippen LogP contribution in [-0.4, -0.2) is 55.9 Å². The first-order valence-corrected chi connectivity index (χ1v) is 12.7. The average Bonchev–Trinajstić information content (AvgIpc) is 3.34. The van der Waals surface area contributed by atoms with Gasteiger partial charge in [0.2, 0.25) is 11.0 Å². The summed E-state index contributed by atoms with van der Waals surface area (Å²) >= 11 is 1.56. The lowest BCUT2D eigenvalue weighted by Gasteiger charge is -2.18. The standard InChI is InChI=1S/C25H25N9OS/c1-13(2)29-20-7-21(22-5-4-16-6-15(8-26)9-28-34(16)22)27-10-17(20)24-31-32-25(36-24)33-11-18-19(12-33)23(18)30-14(3)35/h4-7,9-10,13,18-19,23H,11-12H2,1-3H3,(H,27,29)(H,30,35). The number of nitrogens with zero attached hydrogens (tertiary/aromatic N) is 7. The molecule has 0 bridgehead atoms. The highest BCUT2D eigenvalue weighted by atomic mass is 32.1. The number of pyridine rings is 1. The fourth-order valence-corrected chi connectivity index (χ4v) is 5.92. The van der Waals surface area contributed by atoms with Gasteiger partial charge in [-0.15, -0.1) is 10.2 Å². The third-order valence-corrected chi connectivity index (χ3v) is 7.74. The molecule has 11 heteroatoms. The van der Waals surface area contributed by atoms with E-state index in [0.29, 0.717) is 23.4 Å². The zero-order valence-electron chi connectivity index (χ0n) is 20.1. The summed E-state index contributed by atoms with van der Waals surface area (Å²) in [7, 11) is 0. The quantitative estimate of drug-likeness (QED) is 0.415. The van der Waals surface area contributed by atoms with E-state index in [1.165, 1.54) is 0 Å². The highest BCUT2D eigenvalue weighted by Gasteiger charge is 2.56. The van der Waals surface area contributed by atoms with Gasteiger partial charge in [-0.05, 0) is 38.1 Å². The van der Waals surface area contributed by atoms with E-state index in [9.17, 15) is 4.79 Å². The van der Waals surface area contributed by atoms with Crippen molar-refractivity contribution in [2.24, 2.45) is 11.8 Å². The van der Waals surface area contributed by atoms with E-state index >= 15 is 0 Å². The number of rotatable bonds is 6. The van der Waals surface area contributed by atoms with Crippen molar-refractivity contribution in [1.82, 2.24) is 30.1 Å². The molecule has 1 aliphatic carbocycles. The van der Waals surface area contributed by atoms with Crippen LogP contribution in [0, 0.1) is 23.2 Å². The highest BCUT2D eigenvalue weighted by molar-refractivity contribution is 7.18. The topological polar surface area (TPSA) is 124 Å². The van der Waals surface area contributed by atoms with Crippen molar-refractivity contribution in [1.29, 1.82) is 5.26 Å². The molecular formula is C25H25N9OS. The van der Waals surface area contributed by atoms with E-state index in [1.807, 2.05) is 30.5 Å². The number of amides is 1. The Balaban J connectivity index is 1.28. The number of carbonyl (C=O) groups excluding carboxylic acids is 1. The first-order valence-electron chi connectivity index (χ1n) is 11.9. The predicted molar refractivity (Wildman–Crippen MR) is 138 cm³/mol. The summed E-state index contributed by atoms with van der Waals surface area (Å²) in [4.78, 5) is 18.4. The molecule has 2 fully saturated rings. The van der Waals surface area contributed by atoms with E-state index in [2.05, 4.69) is 50.7 Å². The molecule has 0 radical (unpaired) electrons. The van der Waals surface area contributed by atoms with Gasteiger partial charge in [0, 0.05) is 55.8 Å². The molecule has 1 aliphatic heterocycles. The van der Waals surface area contributed by atoms with Crippen LogP contribution in [0.2, 0.25) is 0 Å². The Morgan fingerprint density at radius 1 is 1.19 bits per heavy atom. The second-order valence-electron chi connectivity index (χ2n) is 9.67. The number of aromatic nitrogens is 5. The molecular weight excluding hydrogens is 474 g/mol. The molecule has 182 valence electrons. The molecule has 4 aromatic rings. The van der Waals surface area contributed by atoms with Crippen molar-refractivity contribution in [3.8, 4) is 28.0 Å². The number of piperidine rings is 1. The molecule has 4 aromatic heterocycles. The maximum atomic E-state index is 11.4. The van der Waals surface area contributed by atoms with Gasteiger partial charge in [-0.1, -0.05) is 11.3 Å². The molecule has 2 atom stereocenters. The summed E-state index contributed by atoms with van der Waals surface area (Å²) < 4.78 is 1.79. The van der Waals surface area contributed by atoms with Gasteiger partial charge in [0.1, 0.15) is 6.07 Å². The van der Waals surface area contributed by atoms with Crippen LogP contribution >= 0.6 is 11.3 Å². The smallest absolute Gasteiger partial charge is 0.217 e. The van der Waals surface area contributed by atoms with Crippen molar-refractivity contribution < 1.29 is 4.79 Å². The third kappa shape index (κ3) is 3.93. The molecule has 1 saturated heterocycles. The van der Waals surface area contributed by atoms with Crippen LogP contribution in [0.5, 0.6) is 0 Å². The highest BCUT2D eigenvalue weighted by Crippen LogP contribution is 2.47. The minimum atomic E-state index is 0.0381. The summed E-state index contributed by atoms with van der Waals surface area (Å²) in [5.74, 6) is 1.03. The van der Waals surface area contributed by atoms with Gasteiger partial charge >= 0.3 is 0 Å². The Hall–Kier alpha value is -4.04. The molecule has 1 amide bonds. The number of nitriles is 1. The lowest BCUT2D eigenvalue weighted by atomic mass is 10.1. The number of carbonyl (C=O) groups is 1. The third-order valence-electron chi connectivity index (χ3n) is 6.72. The van der Waals surface area contributed by atoms with Crippen LogP contribution in [-0.2, 0) is 4.79 Å². The largest absolute Gasteiger partial charge is 0.382 e. The summed E-state index contributed by atoms with van der Waals surface area (Å²) in [6.45, 7) is 7.54. The molecule has 10 nitrogen and oxygen atoms in total. The van der Waals surface area contributed by atoms with Crippen molar-refractivity contribution in [3.63, 3.8) is 0 Å². The molecule has 2 N–H and O–H groups in total. The molecule has 2 unspecified atom stereocenters. The molecule has 2 aliphatic rings. The molecule has 0 aromatic carbocycles. The van der Waals surface area contributed by atoms with Gasteiger partial charge in [-0.25, -0.2) is 4.52 Å². The Kier molecular flexibility index (Phi) is 5.34. The Morgan fingerprint density at radius 2 is 2.00 bits per heavy atom. The van der Waals surface area contributed by atoms with E-state index in [-0.39, 0.29) is 11.9 Å². The average molecular weight is 500 g/mol. The summed E-state index contributed by atoms with van der Waals surface area (Å²) in [6.07, 6.45) is 3.39. The number of anilines is 2. The van der Waals surface area contributed by atoms with Gasteiger partial charge in [0.25, 0.3) is 0 Å². The fourth-order valence-electron chi connectivity index (χ4n) is 5.03. The Labute approximate surface area is 212 Å². The molecule has 0 spiro atoms. The molecule has 5 heterocycles. The fraction of sp³-hybridized carbons (Fsp3) is 0.360. The monoisotopic (exact) mass is 499 g/mol. The second-order valence-corrected chi connectivity index (χ2v) is 10.6. The van der Waals surface area contributed by atoms with Gasteiger partial charge in [0.15, 0.2) is 5.01 Å². The van der Waals surface area contributed by atoms with Crippen molar-refractivity contribution >= 4 is 33.6 Å². The first-order chi connectivity index (χ1) is 17.4. The first kappa shape index (κ1) is 22.4. The van der Waals surface area contributed by atoms with Crippen molar-refractivity contribution in [2.45, 2.75) is 32.9 Å². The lowest BCUT2D eigenvalue weighted by Crippen LogP contribution is -2.33. The molecule has 6 rings (SSSR count). The molecule has 1 saturated carbocycles. The maximum Gasteiger partial charge on any atom is 0.217 e. The van der Waals surface area contributed by atoms with Crippen molar-refractivity contribution in [2.75, 3.05) is 23.3 Å². The minimum absolute atomic E-state index is 0.0381. The molecule has 36 heavy (non-hydrogen) atoms. The summed E-state index contributed by atoms with van der Waals surface area (Å²) in [5, 5.41) is 30.8. The number of fused-ring (bicyclic) bond motifs is 2. The second kappa shape index (κ2) is 8.57. The van der Waals surface area contributed by atoms with E-state index in [0.717, 1.165) is 51.4 Å². The number of nitrogens with one attached hydrogen (secondary N) is 2. The summed E-state index contributed by atoms with van der Waals surface area (Å²) in [5.41, 5.74) is 4.80. The van der Waals surface area contributed by atoms with E-state index in [1.54, 1.807) is 29.0 Å².